The van der Waals surface area contributed by atoms with Crippen molar-refractivity contribution in [3.63, 3.8) is 0 Å². The minimum Gasteiger partial charge on any atom is -0.258 e. The number of ketones is 1. The predicted octanol–water partition coefficient (Wildman–Crippen LogP) is 3.21. The molecule has 0 aromatic heterocycles. The van der Waals surface area contributed by atoms with Crippen LogP contribution in [0.25, 0.3) is 0 Å². The molecule has 0 saturated carbocycles. The van der Waals surface area contributed by atoms with E-state index in [9.17, 15) is 0 Å². The topological polar surface area (TPSA) is 11.3 Å². The van der Waals surface area contributed by atoms with E-state index in [0.29, 0.717) is 0 Å². The number of hydrogen-bond donors (Lipinski definition) is 0. The molecule has 0 spiro atoms. The summed E-state index contributed by atoms with van der Waals surface area (Å²) in [5, 5.41) is 0. The molecule has 0 aromatic rings. The third-order valence-corrected chi connectivity index (χ3v) is 2.65. The molecular formula is C13H19O+. The molecule has 0 radical (unpaired) electrons. The van der Waals surface area contributed by atoms with Crippen molar-refractivity contribution in [3.8, 4) is 0 Å². The van der Waals surface area contributed by atoms with Crippen LogP contribution in [-0.4, -0.2) is 12.9 Å². The van der Waals surface area contributed by atoms with Gasteiger partial charge in [0.1, 0.15) is 0 Å². The second-order valence-corrected chi connectivity index (χ2v) is 4.60. The first kappa shape index (κ1) is 11.0. The van der Waals surface area contributed by atoms with Crippen molar-refractivity contribution in [1.82, 2.24) is 0 Å². The third-order valence-electron chi connectivity index (χ3n) is 2.65. The van der Waals surface area contributed by atoms with E-state index in [4.69, 9.17) is 4.42 Å². The number of allylic oxidation sites excluding steroid dienone is 6. The first-order valence-electron chi connectivity index (χ1n) is 4.93. The molecule has 0 amide bonds. The van der Waals surface area contributed by atoms with E-state index >= 15 is 0 Å². The summed E-state index contributed by atoms with van der Waals surface area (Å²) in [5.74, 6) is 0.912. The van der Waals surface area contributed by atoms with E-state index in [1.807, 2.05) is 12.2 Å². The summed E-state index contributed by atoms with van der Waals surface area (Å²) in [4.78, 5) is 0. The highest BCUT2D eigenvalue weighted by Crippen LogP contribution is 2.29. The van der Waals surface area contributed by atoms with Crippen LogP contribution in [0.5, 0.6) is 0 Å². The molecule has 1 heteroatoms. The lowest BCUT2D eigenvalue weighted by Crippen LogP contribution is -2.09. The van der Waals surface area contributed by atoms with Crippen LogP contribution in [0.4, 0.5) is 0 Å². The zero-order valence-corrected chi connectivity index (χ0v) is 9.72. The Morgan fingerprint density at radius 2 is 1.57 bits per heavy atom. The van der Waals surface area contributed by atoms with Crippen molar-refractivity contribution < 1.29 is 4.42 Å². The van der Waals surface area contributed by atoms with Gasteiger partial charge in [-0.3, -0.25) is 4.42 Å². The van der Waals surface area contributed by atoms with Gasteiger partial charge in [0.2, 0.25) is 0 Å². The van der Waals surface area contributed by atoms with Crippen LogP contribution >= 0.6 is 0 Å². The van der Waals surface area contributed by atoms with Gasteiger partial charge in [0, 0.05) is 12.2 Å². The SMILES string of the molecule is C[O+]=C1C=CC(=C(C)C(C)(C)C)C=C1. The summed E-state index contributed by atoms with van der Waals surface area (Å²) in [6.45, 7) is 8.87. The number of carbonyl (C=O) groups excluding carboxylic acids is 1. The van der Waals surface area contributed by atoms with Gasteiger partial charge in [0.15, 0.2) is 0 Å². The average molecular weight is 191 g/mol. The van der Waals surface area contributed by atoms with Crippen LogP contribution in [0.1, 0.15) is 27.7 Å². The van der Waals surface area contributed by atoms with Gasteiger partial charge in [0.25, 0.3) is 7.11 Å². The average Bonchev–Trinajstić information content (AvgIpc) is 2.15. The van der Waals surface area contributed by atoms with Crippen LogP contribution in [0.3, 0.4) is 0 Å². The van der Waals surface area contributed by atoms with E-state index in [1.54, 1.807) is 7.11 Å². The minimum atomic E-state index is 0.231. The van der Waals surface area contributed by atoms with Gasteiger partial charge in [0.05, 0.1) is 0 Å². The lowest BCUT2D eigenvalue weighted by atomic mass is 9.83. The van der Waals surface area contributed by atoms with Gasteiger partial charge in [-0.25, -0.2) is 0 Å². The summed E-state index contributed by atoms with van der Waals surface area (Å²) >= 11 is 0. The molecule has 0 unspecified atom stereocenters. The maximum Gasteiger partial charge on any atom is 0.343 e. The molecule has 1 nitrogen and oxygen atoms in total. The predicted molar refractivity (Wildman–Crippen MR) is 61.4 cm³/mol. The summed E-state index contributed by atoms with van der Waals surface area (Å²) < 4.78 is 5.13. The first-order valence-corrected chi connectivity index (χ1v) is 4.93. The standard InChI is InChI=1S/C13H19O/c1-10(13(2,3)4)11-6-8-12(14-5)9-7-11/h6-9H,1-5H3/q+1. The van der Waals surface area contributed by atoms with Gasteiger partial charge in [-0.1, -0.05) is 26.3 Å². The Bertz CT molecular complexity index is 315. The van der Waals surface area contributed by atoms with Gasteiger partial charge in [-0.15, -0.1) is 0 Å². The van der Waals surface area contributed by atoms with Gasteiger partial charge in [-0.05, 0) is 30.1 Å². The van der Waals surface area contributed by atoms with Crippen molar-refractivity contribution in [3.05, 3.63) is 35.5 Å². The summed E-state index contributed by atoms with van der Waals surface area (Å²) in [7, 11) is 1.69. The molecule has 1 aliphatic carbocycles. The normalized spacial score (nSPS) is 16.1. The van der Waals surface area contributed by atoms with Gasteiger partial charge >= 0.3 is 5.78 Å². The highest BCUT2D eigenvalue weighted by atomic mass is 16.4. The number of rotatable bonds is 0. The Labute approximate surface area is 86.5 Å². The van der Waals surface area contributed by atoms with E-state index in [2.05, 4.69) is 39.8 Å². The van der Waals surface area contributed by atoms with Crippen LogP contribution in [-0.2, 0) is 4.42 Å². The van der Waals surface area contributed by atoms with Gasteiger partial charge in [-0.2, -0.15) is 0 Å². The minimum absolute atomic E-state index is 0.231. The second kappa shape index (κ2) is 3.95. The van der Waals surface area contributed by atoms with Crippen LogP contribution in [0.2, 0.25) is 0 Å². The van der Waals surface area contributed by atoms with Crippen molar-refractivity contribution in [2.75, 3.05) is 7.11 Å². The quantitative estimate of drug-likeness (QED) is 0.521. The summed E-state index contributed by atoms with van der Waals surface area (Å²) in [6.07, 6.45) is 8.23. The molecular weight excluding hydrogens is 172 g/mol. The largest absolute Gasteiger partial charge is 0.343 e. The Hall–Kier alpha value is -1.11. The van der Waals surface area contributed by atoms with Crippen molar-refractivity contribution in [1.29, 1.82) is 0 Å². The molecule has 0 bridgehead atoms. The molecule has 0 heterocycles. The molecule has 0 fully saturated rings. The zero-order chi connectivity index (χ0) is 10.8. The smallest absolute Gasteiger partial charge is 0.258 e. The Balaban J connectivity index is 3.00. The Kier molecular flexibility index (Phi) is 3.10. The Morgan fingerprint density at radius 3 is 1.93 bits per heavy atom. The summed E-state index contributed by atoms with van der Waals surface area (Å²) in [5.41, 5.74) is 2.92. The molecule has 0 aliphatic heterocycles. The zero-order valence-electron chi connectivity index (χ0n) is 9.72. The molecule has 1 rings (SSSR count). The molecule has 76 valence electrons. The van der Waals surface area contributed by atoms with E-state index in [1.165, 1.54) is 11.1 Å². The maximum atomic E-state index is 5.13. The van der Waals surface area contributed by atoms with Gasteiger partial charge < -0.3 is 0 Å². The third kappa shape index (κ3) is 2.44. The highest BCUT2D eigenvalue weighted by Gasteiger charge is 2.16. The lowest BCUT2D eigenvalue weighted by Gasteiger charge is -2.21. The molecule has 0 atom stereocenters. The molecule has 0 saturated heterocycles. The molecule has 0 N–H and O–H groups in total. The van der Waals surface area contributed by atoms with Crippen molar-refractivity contribution in [2.24, 2.45) is 5.41 Å². The van der Waals surface area contributed by atoms with E-state index < -0.39 is 0 Å². The van der Waals surface area contributed by atoms with Crippen LogP contribution in [0.15, 0.2) is 35.5 Å². The summed E-state index contributed by atoms with van der Waals surface area (Å²) in [6, 6.07) is 0. The monoisotopic (exact) mass is 191 g/mol. The Morgan fingerprint density at radius 1 is 1.07 bits per heavy atom. The lowest BCUT2D eigenvalue weighted by molar-refractivity contribution is -0.417. The van der Waals surface area contributed by atoms with E-state index in [0.717, 1.165) is 5.78 Å². The molecule has 14 heavy (non-hydrogen) atoms. The fourth-order valence-electron chi connectivity index (χ4n) is 1.27. The van der Waals surface area contributed by atoms with Crippen LogP contribution in [0, 0.1) is 5.41 Å². The number of hydrogen-bond acceptors (Lipinski definition) is 0. The van der Waals surface area contributed by atoms with Crippen molar-refractivity contribution >= 4 is 5.78 Å². The first-order chi connectivity index (χ1) is 6.45. The maximum absolute atomic E-state index is 5.13. The van der Waals surface area contributed by atoms with Crippen LogP contribution < -0.4 is 0 Å². The fraction of sp³-hybridized carbons (Fsp3) is 0.462. The fourth-order valence-corrected chi connectivity index (χ4v) is 1.27. The van der Waals surface area contributed by atoms with E-state index in [-0.39, 0.29) is 5.41 Å². The molecule has 0 aromatic carbocycles. The van der Waals surface area contributed by atoms with Crippen molar-refractivity contribution in [2.45, 2.75) is 27.7 Å². The molecule has 1 aliphatic rings. The second-order valence-electron chi connectivity index (χ2n) is 4.60. The highest BCUT2D eigenvalue weighted by molar-refractivity contribution is 6.01.